The maximum atomic E-state index is 5.75. The van der Waals surface area contributed by atoms with Gasteiger partial charge >= 0.3 is 0 Å². The fourth-order valence-electron chi connectivity index (χ4n) is 7.94. The van der Waals surface area contributed by atoms with Gasteiger partial charge < -0.3 is 4.74 Å². The molecule has 1 nitrogen and oxygen atoms in total. The zero-order chi connectivity index (χ0) is 21.9. The SMILES string of the molecule is COC1CCC2(C)C(=CCC(C)C2CCC2(C)CCCC2C(C)CCCC(C)C)C1. The van der Waals surface area contributed by atoms with Gasteiger partial charge in [-0.1, -0.05) is 78.9 Å². The molecule has 7 unspecified atom stereocenters. The number of fused-ring (bicyclic) bond motifs is 1. The molecule has 3 aliphatic carbocycles. The fraction of sp³-hybridized carbons (Fsp3) is 0.931. The average molecular weight is 417 g/mol. The van der Waals surface area contributed by atoms with Gasteiger partial charge in [0, 0.05) is 7.11 Å². The van der Waals surface area contributed by atoms with Crippen molar-refractivity contribution in [3.05, 3.63) is 11.6 Å². The number of methoxy groups -OCH3 is 1. The summed E-state index contributed by atoms with van der Waals surface area (Å²) >= 11 is 0. The van der Waals surface area contributed by atoms with E-state index in [4.69, 9.17) is 4.74 Å². The highest BCUT2D eigenvalue weighted by Crippen LogP contribution is 2.57. The molecule has 0 N–H and O–H groups in total. The van der Waals surface area contributed by atoms with E-state index in [1.165, 1.54) is 77.0 Å². The van der Waals surface area contributed by atoms with E-state index >= 15 is 0 Å². The molecule has 0 radical (unpaired) electrons. The summed E-state index contributed by atoms with van der Waals surface area (Å²) in [5.74, 6) is 4.42. The predicted octanol–water partition coefficient (Wildman–Crippen LogP) is 8.82. The van der Waals surface area contributed by atoms with E-state index in [1.807, 2.05) is 7.11 Å². The van der Waals surface area contributed by atoms with Crippen molar-refractivity contribution in [3.63, 3.8) is 0 Å². The van der Waals surface area contributed by atoms with Crippen LogP contribution in [-0.2, 0) is 4.74 Å². The molecule has 1 heteroatoms. The highest BCUT2D eigenvalue weighted by Gasteiger charge is 2.47. The van der Waals surface area contributed by atoms with Gasteiger partial charge in [-0.2, -0.15) is 0 Å². The molecule has 0 heterocycles. The molecule has 2 saturated carbocycles. The molecular weight excluding hydrogens is 364 g/mol. The van der Waals surface area contributed by atoms with Crippen LogP contribution in [0.3, 0.4) is 0 Å². The zero-order valence-corrected chi connectivity index (χ0v) is 21.4. The molecule has 7 atom stereocenters. The second-order valence-corrected chi connectivity index (χ2v) is 12.6. The number of ether oxygens (including phenoxy) is 1. The van der Waals surface area contributed by atoms with Gasteiger partial charge in [0.2, 0.25) is 0 Å². The van der Waals surface area contributed by atoms with E-state index in [2.05, 4.69) is 47.6 Å². The highest BCUT2D eigenvalue weighted by molar-refractivity contribution is 5.23. The van der Waals surface area contributed by atoms with Crippen LogP contribution in [0, 0.1) is 40.4 Å². The lowest BCUT2D eigenvalue weighted by molar-refractivity contribution is 0.0182. The van der Waals surface area contributed by atoms with E-state index in [1.54, 1.807) is 5.57 Å². The maximum Gasteiger partial charge on any atom is 0.0608 e. The van der Waals surface area contributed by atoms with Crippen LogP contribution in [0.15, 0.2) is 11.6 Å². The van der Waals surface area contributed by atoms with Crippen molar-refractivity contribution < 1.29 is 4.74 Å². The summed E-state index contributed by atoms with van der Waals surface area (Å²) in [6.07, 6.45) is 19.7. The molecule has 0 aromatic carbocycles. The van der Waals surface area contributed by atoms with E-state index in [9.17, 15) is 0 Å². The third-order valence-electron chi connectivity index (χ3n) is 10.1. The summed E-state index contributed by atoms with van der Waals surface area (Å²) in [5, 5.41) is 0. The predicted molar refractivity (Wildman–Crippen MR) is 131 cm³/mol. The monoisotopic (exact) mass is 416 g/mol. The first-order valence-corrected chi connectivity index (χ1v) is 13.4. The van der Waals surface area contributed by atoms with Gasteiger partial charge in [-0.3, -0.25) is 0 Å². The molecule has 30 heavy (non-hydrogen) atoms. The van der Waals surface area contributed by atoms with Crippen molar-refractivity contribution in [1.29, 1.82) is 0 Å². The quantitative estimate of drug-likeness (QED) is 0.341. The first-order valence-electron chi connectivity index (χ1n) is 13.4. The Labute approximate surface area is 188 Å². The number of hydrogen-bond acceptors (Lipinski definition) is 1. The van der Waals surface area contributed by atoms with Crippen LogP contribution >= 0.6 is 0 Å². The molecule has 0 aromatic rings. The van der Waals surface area contributed by atoms with Crippen LogP contribution in [0.5, 0.6) is 0 Å². The Hall–Kier alpha value is -0.300. The van der Waals surface area contributed by atoms with Crippen LogP contribution < -0.4 is 0 Å². The summed E-state index contributed by atoms with van der Waals surface area (Å²) in [6.45, 7) is 15.1. The molecule has 174 valence electrons. The minimum Gasteiger partial charge on any atom is -0.381 e. The van der Waals surface area contributed by atoms with Gasteiger partial charge in [-0.25, -0.2) is 0 Å². The van der Waals surface area contributed by atoms with Crippen molar-refractivity contribution in [2.24, 2.45) is 40.4 Å². The molecule has 3 aliphatic rings. The molecular formula is C29H52O. The van der Waals surface area contributed by atoms with Crippen molar-refractivity contribution >= 4 is 0 Å². The Morgan fingerprint density at radius 2 is 1.87 bits per heavy atom. The van der Waals surface area contributed by atoms with E-state index < -0.39 is 0 Å². The molecule has 0 aliphatic heterocycles. The maximum absolute atomic E-state index is 5.75. The Morgan fingerprint density at radius 1 is 1.10 bits per heavy atom. The largest absolute Gasteiger partial charge is 0.381 e. The smallest absolute Gasteiger partial charge is 0.0608 e. The zero-order valence-electron chi connectivity index (χ0n) is 21.4. The normalized spacial score (nSPS) is 40.3. The van der Waals surface area contributed by atoms with Gasteiger partial charge in [-0.05, 0) is 91.8 Å². The Kier molecular flexibility index (Phi) is 8.19. The summed E-state index contributed by atoms with van der Waals surface area (Å²) in [6, 6.07) is 0. The van der Waals surface area contributed by atoms with Crippen LogP contribution in [0.2, 0.25) is 0 Å². The van der Waals surface area contributed by atoms with Crippen molar-refractivity contribution in [2.75, 3.05) is 7.11 Å². The first-order chi connectivity index (χ1) is 14.2. The fourth-order valence-corrected chi connectivity index (χ4v) is 7.94. The van der Waals surface area contributed by atoms with E-state index in [0.717, 1.165) is 29.6 Å². The third kappa shape index (κ3) is 5.19. The second-order valence-electron chi connectivity index (χ2n) is 12.6. The summed E-state index contributed by atoms with van der Waals surface area (Å²) in [7, 11) is 1.90. The van der Waals surface area contributed by atoms with Gasteiger partial charge in [0.25, 0.3) is 0 Å². The van der Waals surface area contributed by atoms with E-state index in [0.29, 0.717) is 16.9 Å². The summed E-state index contributed by atoms with van der Waals surface area (Å²) < 4.78 is 5.75. The average Bonchev–Trinajstić information content (AvgIpc) is 3.08. The van der Waals surface area contributed by atoms with E-state index in [-0.39, 0.29) is 0 Å². The lowest BCUT2D eigenvalue weighted by atomic mass is 9.55. The number of hydrogen-bond donors (Lipinski definition) is 0. The minimum atomic E-state index is 0.431. The molecule has 0 saturated heterocycles. The lowest BCUT2D eigenvalue weighted by Gasteiger charge is -2.51. The Balaban J connectivity index is 1.63. The van der Waals surface area contributed by atoms with Crippen molar-refractivity contribution in [2.45, 2.75) is 125 Å². The highest BCUT2D eigenvalue weighted by atomic mass is 16.5. The van der Waals surface area contributed by atoms with Gasteiger partial charge in [-0.15, -0.1) is 0 Å². The molecule has 2 fully saturated rings. The van der Waals surface area contributed by atoms with Crippen LogP contribution in [-0.4, -0.2) is 13.2 Å². The standard InChI is InChI=1S/C29H52O/c1-21(2)10-8-11-22(3)26-12-9-17-28(26,5)18-16-27-23(4)13-14-24-20-25(30-7)15-19-29(24,27)6/h14,21-23,25-27H,8-13,15-20H2,1-7H3. The Morgan fingerprint density at radius 3 is 2.57 bits per heavy atom. The molecule has 0 spiro atoms. The molecule has 0 bridgehead atoms. The van der Waals surface area contributed by atoms with Crippen LogP contribution in [0.4, 0.5) is 0 Å². The molecule has 0 amide bonds. The van der Waals surface area contributed by atoms with Crippen LogP contribution in [0.1, 0.15) is 119 Å². The Bertz CT molecular complexity index is 577. The first kappa shape index (κ1) is 24.3. The lowest BCUT2D eigenvalue weighted by Crippen LogP contribution is -2.42. The van der Waals surface area contributed by atoms with Gasteiger partial charge in [0.1, 0.15) is 0 Å². The van der Waals surface area contributed by atoms with Gasteiger partial charge in [0.05, 0.1) is 6.10 Å². The number of rotatable bonds is 9. The van der Waals surface area contributed by atoms with Crippen LogP contribution in [0.25, 0.3) is 0 Å². The topological polar surface area (TPSA) is 9.23 Å². The number of allylic oxidation sites excluding steroid dienone is 1. The van der Waals surface area contributed by atoms with Crippen molar-refractivity contribution in [3.8, 4) is 0 Å². The molecule has 3 rings (SSSR count). The molecule has 0 aromatic heterocycles. The minimum absolute atomic E-state index is 0.431. The third-order valence-corrected chi connectivity index (χ3v) is 10.1. The van der Waals surface area contributed by atoms with Crippen molar-refractivity contribution in [1.82, 2.24) is 0 Å². The van der Waals surface area contributed by atoms with Gasteiger partial charge in [0.15, 0.2) is 0 Å². The summed E-state index contributed by atoms with van der Waals surface area (Å²) in [4.78, 5) is 0. The second kappa shape index (κ2) is 10.1. The summed E-state index contributed by atoms with van der Waals surface area (Å²) in [5.41, 5.74) is 2.75.